The zero-order valence-corrected chi connectivity index (χ0v) is 15.5. The van der Waals surface area contributed by atoms with E-state index in [0.29, 0.717) is 11.3 Å². The molecule has 0 bridgehead atoms. The number of aryl methyl sites for hydroxylation is 2. The number of nitrogens with zero attached hydrogens (tertiary/aromatic N) is 2. The second kappa shape index (κ2) is 7.57. The Labute approximate surface area is 156 Å². The smallest absolute Gasteiger partial charge is 0.267 e. The lowest BCUT2D eigenvalue weighted by atomic mass is 9.96. The summed E-state index contributed by atoms with van der Waals surface area (Å²) in [4.78, 5) is 16.0. The highest BCUT2D eigenvalue weighted by Gasteiger charge is 2.15. The van der Waals surface area contributed by atoms with Crippen LogP contribution >= 0.6 is 0 Å². The molecule has 0 amide bonds. The van der Waals surface area contributed by atoms with Crippen molar-refractivity contribution >= 4 is 0 Å². The summed E-state index contributed by atoms with van der Waals surface area (Å²) in [7, 11) is 0. The predicted molar refractivity (Wildman–Crippen MR) is 100 cm³/mol. The van der Waals surface area contributed by atoms with Crippen LogP contribution in [0.15, 0.2) is 41.3 Å². The number of rotatable bonds is 5. The van der Waals surface area contributed by atoms with Gasteiger partial charge >= 0.3 is 0 Å². The standard InChI is InChI=1S/C20H20FN3O3/c1-11-10-15(27-20-17(26-14(4)21)6-5-9-22-20)7-8-16(11)18-12(2)19(25)24-23-13(18)3/h5-10,14H,1-4H3,(H,24,25). The molecule has 0 aliphatic carbocycles. The van der Waals surface area contributed by atoms with Crippen LogP contribution in [0.3, 0.4) is 0 Å². The fourth-order valence-corrected chi connectivity index (χ4v) is 2.87. The van der Waals surface area contributed by atoms with Crippen molar-refractivity contribution in [2.75, 3.05) is 0 Å². The van der Waals surface area contributed by atoms with Crippen LogP contribution in [-0.2, 0) is 0 Å². The summed E-state index contributed by atoms with van der Waals surface area (Å²) in [6.07, 6.45) is 0.0660. The lowest BCUT2D eigenvalue weighted by molar-refractivity contribution is 0.0825. The van der Waals surface area contributed by atoms with Crippen LogP contribution in [-0.4, -0.2) is 21.5 Å². The third kappa shape index (κ3) is 3.97. The zero-order chi connectivity index (χ0) is 19.6. The molecule has 140 valence electrons. The molecule has 0 saturated carbocycles. The highest BCUT2D eigenvalue weighted by molar-refractivity contribution is 5.72. The van der Waals surface area contributed by atoms with E-state index in [-0.39, 0.29) is 17.2 Å². The number of hydrogen-bond acceptors (Lipinski definition) is 5. The van der Waals surface area contributed by atoms with Gasteiger partial charge in [-0.25, -0.2) is 14.5 Å². The zero-order valence-electron chi connectivity index (χ0n) is 15.5. The van der Waals surface area contributed by atoms with Crippen molar-refractivity contribution in [3.63, 3.8) is 0 Å². The van der Waals surface area contributed by atoms with Gasteiger partial charge in [0.1, 0.15) is 5.75 Å². The molecule has 0 saturated heterocycles. The molecule has 1 unspecified atom stereocenters. The van der Waals surface area contributed by atoms with E-state index >= 15 is 0 Å². The first kappa shape index (κ1) is 18.6. The van der Waals surface area contributed by atoms with E-state index in [9.17, 15) is 9.18 Å². The van der Waals surface area contributed by atoms with E-state index in [0.717, 1.165) is 22.4 Å². The molecule has 0 fully saturated rings. The molecule has 2 aromatic heterocycles. The number of aromatic nitrogens is 3. The number of pyridine rings is 1. The maximum Gasteiger partial charge on any atom is 0.267 e. The Hall–Kier alpha value is -3.22. The van der Waals surface area contributed by atoms with E-state index in [1.807, 2.05) is 26.0 Å². The normalized spacial score (nSPS) is 11.9. The molecule has 1 N–H and O–H groups in total. The highest BCUT2D eigenvalue weighted by Crippen LogP contribution is 2.33. The average molecular weight is 369 g/mol. The molecule has 1 aromatic carbocycles. The lowest BCUT2D eigenvalue weighted by Crippen LogP contribution is -2.14. The highest BCUT2D eigenvalue weighted by atomic mass is 19.1. The molecule has 7 heteroatoms. The summed E-state index contributed by atoms with van der Waals surface area (Å²) in [6, 6.07) is 8.69. The lowest BCUT2D eigenvalue weighted by Gasteiger charge is -2.14. The van der Waals surface area contributed by atoms with E-state index in [1.165, 1.54) is 6.92 Å². The van der Waals surface area contributed by atoms with E-state index in [1.54, 1.807) is 31.3 Å². The largest absolute Gasteiger partial charge is 0.455 e. The Morgan fingerprint density at radius 2 is 1.96 bits per heavy atom. The molecule has 3 aromatic rings. The Kier molecular flexibility index (Phi) is 5.21. The molecule has 27 heavy (non-hydrogen) atoms. The first-order valence-corrected chi connectivity index (χ1v) is 8.47. The van der Waals surface area contributed by atoms with Gasteiger partial charge in [0.2, 0.25) is 6.36 Å². The minimum absolute atomic E-state index is 0.180. The van der Waals surface area contributed by atoms with Gasteiger partial charge in [0, 0.05) is 24.2 Å². The molecule has 0 radical (unpaired) electrons. The fraction of sp³-hybridized carbons (Fsp3) is 0.250. The third-order valence-electron chi connectivity index (χ3n) is 4.11. The number of ether oxygens (including phenoxy) is 2. The van der Waals surface area contributed by atoms with Crippen LogP contribution in [0.4, 0.5) is 4.39 Å². The van der Waals surface area contributed by atoms with Gasteiger partial charge in [-0.3, -0.25) is 4.79 Å². The second-order valence-electron chi connectivity index (χ2n) is 6.18. The number of H-pyrrole nitrogens is 1. The van der Waals surface area contributed by atoms with E-state index in [2.05, 4.69) is 15.2 Å². The first-order chi connectivity index (χ1) is 12.9. The fourth-order valence-electron chi connectivity index (χ4n) is 2.87. The molecule has 0 aliphatic heterocycles. The van der Waals surface area contributed by atoms with Crippen LogP contribution in [0, 0.1) is 20.8 Å². The summed E-state index contributed by atoms with van der Waals surface area (Å²) in [6.45, 7) is 6.82. The molecule has 2 heterocycles. The van der Waals surface area contributed by atoms with Gasteiger partial charge in [0.05, 0.1) is 5.69 Å². The monoisotopic (exact) mass is 369 g/mol. The Balaban J connectivity index is 1.96. The van der Waals surface area contributed by atoms with Crippen molar-refractivity contribution in [3.05, 3.63) is 63.7 Å². The van der Waals surface area contributed by atoms with Crippen LogP contribution in [0.5, 0.6) is 17.4 Å². The minimum atomic E-state index is -1.48. The van der Waals surface area contributed by atoms with Crippen molar-refractivity contribution in [1.29, 1.82) is 0 Å². The van der Waals surface area contributed by atoms with Gasteiger partial charge in [0.15, 0.2) is 5.75 Å². The Morgan fingerprint density at radius 3 is 2.67 bits per heavy atom. The van der Waals surface area contributed by atoms with Crippen molar-refractivity contribution in [1.82, 2.24) is 15.2 Å². The molecule has 1 atom stereocenters. The van der Waals surface area contributed by atoms with Crippen molar-refractivity contribution in [3.8, 4) is 28.5 Å². The van der Waals surface area contributed by atoms with Crippen LogP contribution in [0.1, 0.15) is 23.7 Å². The quantitative estimate of drug-likeness (QED) is 0.728. The van der Waals surface area contributed by atoms with E-state index in [4.69, 9.17) is 9.47 Å². The Morgan fingerprint density at radius 1 is 1.19 bits per heavy atom. The van der Waals surface area contributed by atoms with Crippen LogP contribution in [0.2, 0.25) is 0 Å². The molecular weight excluding hydrogens is 349 g/mol. The summed E-state index contributed by atoms with van der Waals surface area (Å²) < 4.78 is 24.0. The first-order valence-electron chi connectivity index (χ1n) is 8.47. The van der Waals surface area contributed by atoms with E-state index < -0.39 is 6.36 Å². The van der Waals surface area contributed by atoms with Crippen molar-refractivity contribution < 1.29 is 13.9 Å². The summed E-state index contributed by atoms with van der Waals surface area (Å²) in [5.74, 6) is 0.929. The van der Waals surface area contributed by atoms with Gasteiger partial charge in [0.25, 0.3) is 11.4 Å². The second-order valence-corrected chi connectivity index (χ2v) is 6.18. The molecule has 6 nitrogen and oxygen atoms in total. The minimum Gasteiger partial charge on any atom is -0.455 e. The number of aromatic amines is 1. The number of alkyl halides is 1. The number of hydrogen-bond donors (Lipinski definition) is 1. The van der Waals surface area contributed by atoms with Gasteiger partial charge in [-0.1, -0.05) is 6.07 Å². The topological polar surface area (TPSA) is 77.1 Å². The molecule has 0 aliphatic rings. The van der Waals surface area contributed by atoms with Crippen molar-refractivity contribution in [2.24, 2.45) is 0 Å². The predicted octanol–water partition coefficient (Wildman–Crippen LogP) is 4.24. The van der Waals surface area contributed by atoms with Gasteiger partial charge < -0.3 is 9.47 Å². The Bertz CT molecular complexity index is 1030. The van der Waals surface area contributed by atoms with Crippen LogP contribution < -0.4 is 15.0 Å². The molecular formula is C20H20FN3O3. The number of halogens is 1. The maximum atomic E-state index is 13.2. The van der Waals surface area contributed by atoms with Gasteiger partial charge in [-0.15, -0.1) is 0 Å². The number of nitrogens with one attached hydrogen (secondary N) is 1. The summed E-state index contributed by atoms with van der Waals surface area (Å²) in [5.41, 5.74) is 3.73. The maximum absolute atomic E-state index is 13.2. The average Bonchev–Trinajstić information content (AvgIpc) is 2.61. The molecule has 3 rings (SSSR count). The molecule has 0 spiro atoms. The van der Waals surface area contributed by atoms with Gasteiger partial charge in [-0.2, -0.15) is 5.10 Å². The van der Waals surface area contributed by atoms with Crippen molar-refractivity contribution in [2.45, 2.75) is 34.1 Å². The SMILES string of the molecule is Cc1cc(Oc2ncccc2OC(C)F)ccc1-c1c(C)n[nH]c(=O)c1C. The third-order valence-corrected chi connectivity index (χ3v) is 4.11. The summed E-state index contributed by atoms with van der Waals surface area (Å²) in [5, 5.41) is 6.54. The van der Waals surface area contributed by atoms with Gasteiger partial charge in [-0.05, 0) is 56.2 Å². The van der Waals surface area contributed by atoms with Crippen LogP contribution in [0.25, 0.3) is 11.1 Å². The number of benzene rings is 1. The summed E-state index contributed by atoms with van der Waals surface area (Å²) >= 11 is 0.